The van der Waals surface area contributed by atoms with Crippen molar-refractivity contribution in [1.82, 2.24) is 14.3 Å². The Morgan fingerprint density at radius 2 is 1.75 bits per heavy atom. The van der Waals surface area contributed by atoms with E-state index in [2.05, 4.69) is 41.2 Å². The van der Waals surface area contributed by atoms with Gasteiger partial charge in [0.25, 0.3) is 0 Å². The summed E-state index contributed by atoms with van der Waals surface area (Å²) in [4.78, 5) is 8.88. The molecule has 1 aromatic heterocycles. The van der Waals surface area contributed by atoms with Crippen molar-refractivity contribution in [3.8, 4) is 17.1 Å². The zero-order valence-corrected chi connectivity index (χ0v) is 19.4. The minimum atomic E-state index is -3.15. The first-order valence-corrected chi connectivity index (χ1v) is 12.9. The predicted octanol–water partition coefficient (Wildman–Crippen LogP) is 4.04. The molecule has 3 aromatic rings. The lowest BCUT2D eigenvalue weighted by Gasteiger charge is -2.27. The Kier molecular flexibility index (Phi) is 6.86. The molecule has 0 atom stereocenters. The number of benzene rings is 2. The normalized spacial score (nSPS) is 14.2. The first-order valence-electron chi connectivity index (χ1n) is 11.0. The van der Waals surface area contributed by atoms with Crippen molar-refractivity contribution in [2.45, 2.75) is 39.2 Å². The van der Waals surface area contributed by atoms with Crippen LogP contribution in [0.2, 0.25) is 0 Å². The Morgan fingerprint density at radius 1 is 1.00 bits per heavy atom. The van der Waals surface area contributed by atoms with Crippen LogP contribution in [-0.2, 0) is 35.8 Å². The van der Waals surface area contributed by atoms with E-state index in [-0.39, 0.29) is 0 Å². The van der Waals surface area contributed by atoms with E-state index < -0.39 is 10.0 Å². The van der Waals surface area contributed by atoms with E-state index in [0.29, 0.717) is 19.7 Å². The molecule has 7 heteroatoms. The molecule has 1 aliphatic rings. The highest BCUT2D eigenvalue weighted by atomic mass is 32.2. The Bertz CT molecular complexity index is 1160. The average molecular weight is 452 g/mol. The fourth-order valence-corrected chi connectivity index (χ4v) is 4.65. The van der Waals surface area contributed by atoms with Gasteiger partial charge in [0.05, 0.1) is 12.9 Å². The van der Waals surface area contributed by atoms with E-state index in [0.717, 1.165) is 53.9 Å². The Labute approximate surface area is 190 Å². The van der Waals surface area contributed by atoms with Crippen LogP contribution in [0.1, 0.15) is 35.6 Å². The molecule has 6 nitrogen and oxygen atoms in total. The highest BCUT2D eigenvalue weighted by Crippen LogP contribution is 2.25. The summed E-state index contributed by atoms with van der Waals surface area (Å²) in [5.74, 6) is 1.60. The first kappa shape index (κ1) is 22.4. The summed E-state index contributed by atoms with van der Waals surface area (Å²) in [6, 6.07) is 14.4. The van der Waals surface area contributed by atoms with Gasteiger partial charge in [0.1, 0.15) is 5.75 Å². The third-order valence-corrected chi connectivity index (χ3v) is 7.08. The topological polar surface area (TPSA) is 72.4 Å². The minimum Gasteiger partial charge on any atom is -0.494 e. The van der Waals surface area contributed by atoms with Gasteiger partial charge in [0.2, 0.25) is 10.0 Å². The van der Waals surface area contributed by atoms with Crippen LogP contribution in [0.3, 0.4) is 0 Å². The number of fused-ring (bicyclic) bond motifs is 1. The molecule has 0 spiro atoms. The van der Waals surface area contributed by atoms with Crippen molar-refractivity contribution in [1.29, 1.82) is 0 Å². The number of ether oxygens (including phenoxy) is 1. The number of nitrogens with zero attached hydrogens (tertiary/aromatic N) is 3. The van der Waals surface area contributed by atoms with E-state index in [1.54, 1.807) is 0 Å². The Hall–Kier alpha value is -2.77. The largest absolute Gasteiger partial charge is 0.494 e. The maximum Gasteiger partial charge on any atom is 0.211 e. The van der Waals surface area contributed by atoms with Crippen LogP contribution < -0.4 is 4.74 Å². The van der Waals surface area contributed by atoms with Gasteiger partial charge in [-0.3, -0.25) is 0 Å². The van der Waals surface area contributed by atoms with E-state index in [1.807, 2.05) is 30.6 Å². The number of aromatic nitrogens is 2. The molecular formula is C25H29N3O3S. The third kappa shape index (κ3) is 5.53. The molecule has 0 N–H and O–H groups in total. The van der Waals surface area contributed by atoms with Gasteiger partial charge in [-0.2, -0.15) is 4.31 Å². The van der Waals surface area contributed by atoms with Gasteiger partial charge in [-0.05, 0) is 60.1 Å². The third-order valence-electron chi connectivity index (χ3n) is 5.83. The van der Waals surface area contributed by atoms with Crippen LogP contribution in [-0.4, -0.2) is 42.1 Å². The van der Waals surface area contributed by atoms with E-state index in [9.17, 15) is 8.42 Å². The van der Waals surface area contributed by atoms with Crippen molar-refractivity contribution in [2.24, 2.45) is 0 Å². The number of hydrogen-bond acceptors (Lipinski definition) is 5. The summed E-state index contributed by atoms with van der Waals surface area (Å²) in [7, 11) is -3.15. The SMILES string of the molecule is CCc1cnc(-c2ccc(CCCOc3ccc4c(c3)CCN(S(C)(=O)=O)C4)cc2)nc1. The van der Waals surface area contributed by atoms with Crippen molar-refractivity contribution in [2.75, 3.05) is 19.4 Å². The monoisotopic (exact) mass is 451 g/mol. The Morgan fingerprint density at radius 3 is 2.44 bits per heavy atom. The van der Waals surface area contributed by atoms with Gasteiger partial charge in [-0.15, -0.1) is 0 Å². The molecule has 2 aromatic carbocycles. The van der Waals surface area contributed by atoms with Gasteiger partial charge in [-0.1, -0.05) is 37.3 Å². The molecule has 32 heavy (non-hydrogen) atoms. The zero-order valence-electron chi connectivity index (χ0n) is 18.6. The summed E-state index contributed by atoms with van der Waals surface area (Å²) < 4.78 is 31.0. The molecule has 0 fully saturated rings. The average Bonchev–Trinajstić information content (AvgIpc) is 2.81. The number of aryl methyl sites for hydroxylation is 2. The van der Waals surface area contributed by atoms with Gasteiger partial charge in [0.15, 0.2) is 5.82 Å². The summed E-state index contributed by atoms with van der Waals surface area (Å²) in [5, 5.41) is 0. The van der Waals surface area contributed by atoms with Gasteiger partial charge < -0.3 is 4.74 Å². The quantitative estimate of drug-likeness (QED) is 0.484. The fourth-order valence-electron chi connectivity index (χ4n) is 3.85. The number of rotatable bonds is 8. The molecule has 0 radical (unpaired) electrons. The van der Waals surface area contributed by atoms with E-state index in [1.165, 1.54) is 21.7 Å². The molecule has 0 aliphatic carbocycles. The lowest BCUT2D eigenvalue weighted by atomic mass is 10.0. The van der Waals surface area contributed by atoms with Crippen LogP contribution in [0.5, 0.6) is 5.75 Å². The molecule has 0 unspecified atom stereocenters. The second-order valence-electron chi connectivity index (χ2n) is 8.19. The van der Waals surface area contributed by atoms with Crippen LogP contribution in [0.25, 0.3) is 11.4 Å². The van der Waals surface area contributed by atoms with Gasteiger partial charge in [-0.25, -0.2) is 18.4 Å². The summed E-state index contributed by atoms with van der Waals surface area (Å²) in [6.07, 6.45) is 8.54. The van der Waals surface area contributed by atoms with Crippen LogP contribution in [0, 0.1) is 0 Å². The lowest BCUT2D eigenvalue weighted by Crippen LogP contribution is -2.35. The summed E-state index contributed by atoms with van der Waals surface area (Å²) in [6.45, 7) is 3.70. The maximum absolute atomic E-state index is 11.8. The molecule has 168 valence electrons. The van der Waals surface area contributed by atoms with Crippen molar-refractivity contribution >= 4 is 10.0 Å². The smallest absolute Gasteiger partial charge is 0.211 e. The molecule has 2 heterocycles. The van der Waals surface area contributed by atoms with Crippen LogP contribution in [0.4, 0.5) is 0 Å². The number of sulfonamides is 1. The number of hydrogen-bond donors (Lipinski definition) is 0. The lowest BCUT2D eigenvalue weighted by molar-refractivity contribution is 0.309. The fraction of sp³-hybridized carbons (Fsp3) is 0.360. The first-order chi connectivity index (χ1) is 15.4. The van der Waals surface area contributed by atoms with E-state index >= 15 is 0 Å². The molecule has 0 saturated heterocycles. The van der Waals surface area contributed by atoms with Crippen LogP contribution in [0.15, 0.2) is 54.9 Å². The minimum absolute atomic E-state index is 0.443. The van der Waals surface area contributed by atoms with Crippen LogP contribution >= 0.6 is 0 Å². The van der Waals surface area contributed by atoms with Crippen molar-refractivity contribution < 1.29 is 13.2 Å². The maximum atomic E-state index is 11.8. The molecule has 1 aliphatic heterocycles. The Balaban J connectivity index is 1.26. The van der Waals surface area contributed by atoms with E-state index in [4.69, 9.17) is 4.74 Å². The molecule has 4 rings (SSSR count). The van der Waals surface area contributed by atoms with Gasteiger partial charge >= 0.3 is 0 Å². The zero-order chi connectivity index (χ0) is 22.6. The highest BCUT2D eigenvalue weighted by molar-refractivity contribution is 7.88. The highest BCUT2D eigenvalue weighted by Gasteiger charge is 2.23. The molecule has 0 amide bonds. The predicted molar refractivity (Wildman–Crippen MR) is 126 cm³/mol. The second kappa shape index (κ2) is 9.79. The molecular weight excluding hydrogens is 422 g/mol. The molecule has 0 bridgehead atoms. The van der Waals surface area contributed by atoms with Crippen molar-refractivity contribution in [3.05, 3.63) is 77.1 Å². The second-order valence-corrected chi connectivity index (χ2v) is 10.2. The van der Waals surface area contributed by atoms with Gasteiger partial charge in [0, 0.05) is 31.0 Å². The molecule has 0 saturated carbocycles. The van der Waals surface area contributed by atoms with Crippen molar-refractivity contribution in [3.63, 3.8) is 0 Å². The standard InChI is InChI=1S/C25H29N3O3S/c1-3-19-16-26-25(27-17-19)21-8-6-20(7-9-21)5-4-14-31-24-11-10-23-18-28(32(2,29)30)13-12-22(23)15-24/h6-11,15-17H,3-5,12-14,18H2,1-2H3. The summed E-state index contributed by atoms with van der Waals surface area (Å²) >= 11 is 0. The summed E-state index contributed by atoms with van der Waals surface area (Å²) in [5.41, 5.74) is 5.65.